The van der Waals surface area contributed by atoms with E-state index in [0.29, 0.717) is 12.3 Å². The summed E-state index contributed by atoms with van der Waals surface area (Å²) in [6.07, 6.45) is 0.538. The lowest BCUT2D eigenvalue weighted by Gasteiger charge is -2.02. The maximum atomic E-state index is 12.9. The summed E-state index contributed by atoms with van der Waals surface area (Å²) < 4.78 is 12.9. The Hall–Kier alpha value is -0.800. The van der Waals surface area contributed by atoms with Crippen LogP contribution in [0.15, 0.2) is 23.4 Å². The number of benzene rings is 1. The second-order valence-electron chi connectivity index (χ2n) is 3.25. The standard InChI is InChI=1S/C10H8Cl2FNO/c11-5-7-4-10(14-15-7)6-1-2-9(13)8(12)3-6/h1-3,7H,4-5H2. The average Bonchev–Trinajstić information content (AvgIpc) is 2.70. The van der Waals surface area contributed by atoms with Crippen molar-refractivity contribution >= 4 is 28.9 Å². The molecular weight excluding hydrogens is 240 g/mol. The normalized spacial score (nSPS) is 19.9. The molecule has 2 rings (SSSR count). The molecule has 0 saturated heterocycles. The molecule has 1 aliphatic heterocycles. The van der Waals surface area contributed by atoms with E-state index in [1.807, 2.05) is 0 Å². The van der Waals surface area contributed by atoms with Gasteiger partial charge in [0.15, 0.2) is 0 Å². The lowest BCUT2D eigenvalue weighted by atomic mass is 10.1. The minimum atomic E-state index is -0.436. The third-order valence-corrected chi connectivity index (χ3v) is 2.79. The van der Waals surface area contributed by atoms with Crippen LogP contribution in [0.25, 0.3) is 0 Å². The zero-order valence-corrected chi connectivity index (χ0v) is 9.22. The maximum Gasteiger partial charge on any atom is 0.146 e. The Morgan fingerprint density at radius 1 is 1.53 bits per heavy atom. The molecule has 2 nitrogen and oxygen atoms in total. The Morgan fingerprint density at radius 2 is 2.33 bits per heavy atom. The largest absolute Gasteiger partial charge is 0.391 e. The maximum absolute atomic E-state index is 12.9. The van der Waals surface area contributed by atoms with Gasteiger partial charge >= 0.3 is 0 Å². The Morgan fingerprint density at radius 3 is 2.93 bits per heavy atom. The number of hydrogen-bond donors (Lipinski definition) is 0. The number of hydrogen-bond acceptors (Lipinski definition) is 2. The zero-order valence-electron chi connectivity index (χ0n) is 7.71. The number of halogens is 3. The Balaban J connectivity index is 2.21. The summed E-state index contributed by atoms with van der Waals surface area (Å²) in [5, 5.41) is 3.97. The predicted molar refractivity (Wildman–Crippen MR) is 58.2 cm³/mol. The van der Waals surface area contributed by atoms with E-state index in [9.17, 15) is 4.39 Å². The van der Waals surface area contributed by atoms with Gasteiger partial charge in [-0.25, -0.2) is 4.39 Å². The third-order valence-electron chi connectivity index (χ3n) is 2.16. The van der Waals surface area contributed by atoms with Gasteiger partial charge < -0.3 is 4.84 Å². The van der Waals surface area contributed by atoms with Crippen molar-refractivity contribution in [1.82, 2.24) is 0 Å². The number of alkyl halides is 1. The highest BCUT2D eigenvalue weighted by Crippen LogP contribution is 2.21. The molecule has 0 saturated carbocycles. The van der Waals surface area contributed by atoms with Gasteiger partial charge in [-0.15, -0.1) is 11.6 Å². The second-order valence-corrected chi connectivity index (χ2v) is 3.97. The molecular formula is C10H8Cl2FNO. The molecule has 1 atom stereocenters. The Kier molecular flexibility index (Phi) is 3.12. The first-order valence-electron chi connectivity index (χ1n) is 4.45. The highest BCUT2D eigenvalue weighted by molar-refractivity contribution is 6.31. The van der Waals surface area contributed by atoms with Crippen molar-refractivity contribution in [3.63, 3.8) is 0 Å². The zero-order chi connectivity index (χ0) is 10.8. The van der Waals surface area contributed by atoms with E-state index < -0.39 is 5.82 Å². The molecule has 80 valence electrons. The first-order valence-corrected chi connectivity index (χ1v) is 5.36. The van der Waals surface area contributed by atoms with Gasteiger partial charge in [0.1, 0.15) is 11.9 Å². The van der Waals surface area contributed by atoms with Gasteiger partial charge in [-0.2, -0.15) is 0 Å². The van der Waals surface area contributed by atoms with Crippen LogP contribution in [-0.4, -0.2) is 17.7 Å². The summed E-state index contributed by atoms with van der Waals surface area (Å²) in [7, 11) is 0. The van der Waals surface area contributed by atoms with E-state index in [2.05, 4.69) is 5.16 Å². The molecule has 0 amide bonds. The van der Waals surface area contributed by atoms with Crippen LogP contribution >= 0.6 is 23.2 Å². The molecule has 0 N–H and O–H groups in total. The monoisotopic (exact) mass is 247 g/mol. The average molecular weight is 248 g/mol. The van der Waals surface area contributed by atoms with E-state index >= 15 is 0 Å². The molecule has 1 aliphatic rings. The second kappa shape index (κ2) is 4.37. The van der Waals surface area contributed by atoms with Crippen molar-refractivity contribution in [2.45, 2.75) is 12.5 Å². The van der Waals surface area contributed by atoms with Crippen LogP contribution in [0.4, 0.5) is 4.39 Å². The first-order chi connectivity index (χ1) is 7.20. The van der Waals surface area contributed by atoms with Gasteiger partial charge in [-0.05, 0) is 12.1 Å². The lowest BCUT2D eigenvalue weighted by Crippen LogP contribution is -2.09. The highest BCUT2D eigenvalue weighted by Gasteiger charge is 2.21. The molecule has 5 heteroatoms. The minimum absolute atomic E-state index is 0.0875. The van der Waals surface area contributed by atoms with Crippen LogP contribution in [0.2, 0.25) is 5.02 Å². The van der Waals surface area contributed by atoms with E-state index in [0.717, 1.165) is 11.3 Å². The topological polar surface area (TPSA) is 21.6 Å². The fraction of sp³-hybridized carbons (Fsp3) is 0.300. The molecule has 15 heavy (non-hydrogen) atoms. The summed E-state index contributed by atoms with van der Waals surface area (Å²) in [4.78, 5) is 5.06. The van der Waals surface area contributed by atoms with Gasteiger partial charge in [0.05, 0.1) is 16.6 Å². The Labute approximate surface area is 96.6 Å². The number of nitrogens with zero attached hydrogens (tertiary/aromatic N) is 1. The SMILES string of the molecule is Fc1ccc(C2=NOC(CCl)C2)cc1Cl. The predicted octanol–water partition coefficient (Wildman–Crippen LogP) is 3.21. The van der Waals surface area contributed by atoms with Crippen molar-refractivity contribution in [3.8, 4) is 0 Å². The van der Waals surface area contributed by atoms with Crippen LogP contribution in [-0.2, 0) is 4.84 Å². The number of oxime groups is 1. The quantitative estimate of drug-likeness (QED) is 0.736. The number of rotatable bonds is 2. The molecule has 1 unspecified atom stereocenters. The molecule has 0 radical (unpaired) electrons. The fourth-order valence-electron chi connectivity index (χ4n) is 1.36. The molecule has 1 heterocycles. The first kappa shape index (κ1) is 10.7. The van der Waals surface area contributed by atoms with E-state index in [1.165, 1.54) is 12.1 Å². The lowest BCUT2D eigenvalue weighted by molar-refractivity contribution is 0.102. The Bertz CT molecular complexity index is 408. The summed E-state index contributed by atoms with van der Waals surface area (Å²) in [6.45, 7) is 0. The molecule has 0 aliphatic carbocycles. The van der Waals surface area contributed by atoms with E-state index in [-0.39, 0.29) is 11.1 Å². The van der Waals surface area contributed by atoms with Gasteiger partial charge in [0.2, 0.25) is 0 Å². The summed E-state index contributed by atoms with van der Waals surface area (Å²) in [6, 6.07) is 4.48. The minimum Gasteiger partial charge on any atom is -0.391 e. The molecule has 0 bridgehead atoms. The molecule has 1 aromatic rings. The smallest absolute Gasteiger partial charge is 0.146 e. The van der Waals surface area contributed by atoms with Gasteiger partial charge in [0.25, 0.3) is 0 Å². The van der Waals surface area contributed by atoms with Crippen LogP contribution in [0.5, 0.6) is 0 Å². The van der Waals surface area contributed by atoms with Crippen molar-refractivity contribution in [2.24, 2.45) is 5.16 Å². The summed E-state index contributed by atoms with van der Waals surface area (Å²) in [5.74, 6) is -0.0455. The van der Waals surface area contributed by atoms with Gasteiger partial charge in [-0.1, -0.05) is 22.8 Å². The molecule has 1 aromatic carbocycles. The fourth-order valence-corrected chi connectivity index (χ4v) is 1.70. The third kappa shape index (κ3) is 2.24. The van der Waals surface area contributed by atoms with Crippen LogP contribution < -0.4 is 0 Å². The molecule has 0 aromatic heterocycles. The highest BCUT2D eigenvalue weighted by atomic mass is 35.5. The van der Waals surface area contributed by atoms with Crippen molar-refractivity contribution < 1.29 is 9.23 Å². The molecule has 0 spiro atoms. The molecule has 0 fully saturated rings. The van der Waals surface area contributed by atoms with Crippen molar-refractivity contribution in [3.05, 3.63) is 34.6 Å². The summed E-state index contributed by atoms with van der Waals surface area (Å²) in [5.41, 5.74) is 1.52. The van der Waals surface area contributed by atoms with Gasteiger partial charge in [-0.3, -0.25) is 0 Å². The van der Waals surface area contributed by atoms with Crippen LogP contribution in [0, 0.1) is 5.82 Å². The van der Waals surface area contributed by atoms with E-state index in [1.54, 1.807) is 6.07 Å². The summed E-state index contributed by atoms with van der Waals surface area (Å²) >= 11 is 11.3. The van der Waals surface area contributed by atoms with Crippen molar-refractivity contribution in [1.29, 1.82) is 0 Å². The van der Waals surface area contributed by atoms with Gasteiger partial charge in [0, 0.05) is 12.0 Å². The van der Waals surface area contributed by atoms with Crippen molar-refractivity contribution in [2.75, 3.05) is 5.88 Å². The van der Waals surface area contributed by atoms with E-state index in [4.69, 9.17) is 28.0 Å². The van der Waals surface area contributed by atoms with Crippen LogP contribution in [0.3, 0.4) is 0 Å². The van der Waals surface area contributed by atoms with Crippen LogP contribution in [0.1, 0.15) is 12.0 Å².